The van der Waals surface area contributed by atoms with Gasteiger partial charge in [-0.25, -0.2) is 9.37 Å². The van der Waals surface area contributed by atoms with Gasteiger partial charge >= 0.3 is 0 Å². The van der Waals surface area contributed by atoms with E-state index in [2.05, 4.69) is 32.5 Å². The summed E-state index contributed by atoms with van der Waals surface area (Å²) >= 11 is 1.34. The fourth-order valence-electron chi connectivity index (χ4n) is 4.61. The molecule has 0 aliphatic carbocycles. The minimum Gasteiger partial charge on any atom is -0.364 e. The summed E-state index contributed by atoms with van der Waals surface area (Å²) in [7, 11) is 2.18. The Bertz CT molecular complexity index is 1220. The van der Waals surface area contributed by atoms with Crippen LogP contribution in [0.5, 0.6) is 0 Å². The van der Waals surface area contributed by atoms with Crippen LogP contribution in [0, 0.1) is 5.82 Å². The minimum absolute atomic E-state index is 0.204. The topological polar surface area (TPSA) is 99.1 Å². The Hall–Kier alpha value is -2.79. The van der Waals surface area contributed by atoms with Crippen LogP contribution in [-0.2, 0) is 4.74 Å². The third kappa shape index (κ3) is 6.12. The van der Waals surface area contributed by atoms with Gasteiger partial charge in [0.2, 0.25) is 0 Å². The van der Waals surface area contributed by atoms with Crippen molar-refractivity contribution in [1.29, 1.82) is 0 Å². The average Bonchev–Trinajstić information content (AvgIpc) is 3.50. The Balaban J connectivity index is 1.16. The number of thiazole rings is 1. The Labute approximate surface area is 214 Å². The number of likely N-dealkylation sites (N-methyl/N-ethyl adjacent to an activating group) is 1. The van der Waals surface area contributed by atoms with Gasteiger partial charge in [-0.15, -0.1) is 0 Å². The molecule has 0 radical (unpaired) electrons. The second kappa shape index (κ2) is 10.7. The van der Waals surface area contributed by atoms with Crippen molar-refractivity contribution in [2.45, 2.75) is 31.4 Å². The fraction of sp³-hybridized carbons (Fsp3) is 0.462. The van der Waals surface area contributed by atoms with Crippen molar-refractivity contribution < 1.29 is 13.9 Å². The molecule has 1 aromatic heterocycles. The Morgan fingerprint density at radius 1 is 1.14 bits per heavy atom. The van der Waals surface area contributed by atoms with Crippen molar-refractivity contribution in [1.82, 2.24) is 14.8 Å². The van der Waals surface area contributed by atoms with Crippen LogP contribution in [0.2, 0.25) is 0 Å². The minimum atomic E-state index is -0.584. The number of ether oxygens (including phenoxy) is 1. The van der Waals surface area contributed by atoms with E-state index in [-0.39, 0.29) is 11.5 Å². The Kier molecular flexibility index (Phi) is 7.38. The second-order valence-electron chi connectivity index (χ2n) is 9.76. The lowest BCUT2D eigenvalue weighted by Crippen LogP contribution is -2.44. The first-order valence-corrected chi connectivity index (χ1v) is 13.3. The maximum absolute atomic E-state index is 13.5. The summed E-state index contributed by atoms with van der Waals surface area (Å²) in [6, 6.07) is 10.3. The van der Waals surface area contributed by atoms with Gasteiger partial charge in [0.15, 0.2) is 16.6 Å². The Morgan fingerprint density at radius 2 is 1.89 bits per heavy atom. The molecule has 192 valence electrons. The highest BCUT2D eigenvalue weighted by Crippen LogP contribution is 2.39. The van der Waals surface area contributed by atoms with E-state index in [1.54, 1.807) is 6.07 Å². The number of carbonyl (C=O) groups excluding carboxylic acids is 1. The lowest BCUT2D eigenvalue weighted by molar-refractivity contribution is 0.0997. The summed E-state index contributed by atoms with van der Waals surface area (Å²) in [5, 5.41) is 9.53. The number of unbranched alkanes of at least 4 members (excludes halogenated alkanes) is 2. The molecule has 36 heavy (non-hydrogen) atoms. The molecule has 1 unspecified atom stereocenters. The van der Waals surface area contributed by atoms with E-state index in [0.717, 1.165) is 68.4 Å². The number of aromatic nitrogens is 1. The normalized spacial score (nSPS) is 20.5. The average molecular weight is 513 g/mol. The first-order chi connectivity index (χ1) is 17.4. The number of epoxide rings is 1. The standard InChI is InChI=1S/C26H33FN6O2S/c1-32-11-13-33(14-12-32)10-4-2-3-9-26(17-35-26)31-24-22(23(28)34)30-25(36-24)29-21-8-6-18-15-20(27)7-5-19(18)16-21/h5-8,15-16,31H,2-4,9-14,17H2,1H3,(H2,28,34)(H,29,30). The maximum Gasteiger partial charge on any atom is 0.270 e. The molecule has 4 N–H and O–H groups in total. The van der Waals surface area contributed by atoms with Crippen LogP contribution in [0.15, 0.2) is 36.4 Å². The summed E-state index contributed by atoms with van der Waals surface area (Å²) in [5.41, 5.74) is 6.17. The smallest absolute Gasteiger partial charge is 0.270 e. The van der Waals surface area contributed by atoms with Gasteiger partial charge in [-0.2, -0.15) is 0 Å². The van der Waals surface area contributed by atoms with Crippen molar-refractivity contribution in [3.05, 3.63) is 47.9 Å². The van der Waals surface area contributed by atoms with Crippen LogP contribution >= 0.6 is 11.3 Å². The molecule has 3 aromatic rings. The number of benzene rings is 2. The molecule has 0 saturated carbocycles. The molecule has 3 heterocycles. The van der Waals surface area contributed by atoms with Gasteiger partial charge in [-0.1, -0.05) is 29.9 Å². The predicted molar refractivity (Wildman–Crippen MR) is 143 cm³/mol. The van der Waals surface area contributed by atoms with Gasteiger partial charge in [0.25, 0.3) is 5.91 Å². The lowest BCUT2D eigenvalue weighted by atomic mass is 10.1. The van der Waals surface area contributed by atoms with E-state index in [0.29, 0.717) is 16.7 Å². The molecule has 0 spiro atoms. The van der Waals surface area contributed by atoms with Crippen LogP contribution in [0.3, 0.4) is 0 Å². The van der Waals surface area contributed by atoms with Gasteiger partial charge in [0, 0.05) is 31.9 Å². The number of primary amides is 1. The monoisotopic (exact) mass is 512 g/mol. The number of nitrogens with one attached hydrogen (secondary N) is 2. The SMILES string of the molecule is CN1CCN(CCCCCC2(Nc3sc(Nc4ccc5cc(F)ccc5c4)nc3C(N)=O)CO2)CC1. The first kappa shape index (κ1) is 24.9. The molecule has 2 saturated heterocycles. The van der Waals surface area contributed by atoms with Gasteiger partial charge in [0.05, 0.1) is 6.61 Å². The zero-order valence-corrected chi connectivity index (χ0v) is 21.4. The maximum atomic E-state index is 13.5. The number of piperazine rings is 1. The van der Waals surface area contributed by atoms with E-state index in [4.69, 9.17) is 10.5 Å². The van der Waals surface area contributed by atoms with E-state index >= 15 is 0 Å². The number of nitrogens with two attached hydrogens (primary N) is 1. The third-order valence-corrected chi connectivity index (χ3v) is 7.79. The van der Waals surface area contributed by atoms with Crippen molar-refractivity contribution in [3.8, 4) is 0 Å². The van der Waals surface area contributed by atoms with E-state index in [1.807, 2.05) is 18.2 Å². The van der Waals surface area contributed by atoms with E-state index in [1.165, 1.54) is 29.9 Å². The van der Waals surface area contributed by atoms with Crippen LogP contribution < -0.4 is 16.4 Å². The second-order valence-corrected chi connectivity index (χ2v) is 10.8. The predicted octanol–water partition coefficient (Wildman–Crippen LogP) is 4.22. The zero-order valence-electron chi connectivity index (χ0n) is 20.6. The molecule has 5 rings (SSSR count). The first-order valence-electron chi connectivity index (χ1n) is 12.5. The summed E-state index contributed by atoms with van der Waals surface area (Å²) < 4.78 is 19.2. The number of hydrogen-bond acceptors (Lipinski definition) is 8. The van der Waals surface area contributed by atoms with Crippen molar-refractivity contribution >= 4 is 43.8 Å². The summed E-state index contributed by atoms with van der Waals surface area (Å²) in [6.07, 6.45) is 4.24. The van der Waals surface area contributed by atoms with Crippen molar-refractivity contribution in [2.75, 3.05) is 57.0 Å². The van der Waals surface area contributed by atoms with Crippen LogP contribution in [0.1, 0.15) is 36.2 Å². The van der Waals surface area contributed by atoms with Gasteiger partial charge in [-0.3, -0.25) is 4.79 Å². The molecule has 2 aromatic carbocycles. The quantitative estimate of drug-likeness (QED) is 0.261. The largest absolute Gasteiger partial charge is 0.364 e. The number of carbonyl (C=O) groups is 1. The molecule has 2 aliphatic rings. The third-order valence-electron chi connectivity index (χ3n) is 6.90. The van der Waals surface area contributed by atoms with Crippen LogP contribution in [0.25, 0.3) is 10.8 Å². The van der Waals surface area contributed by atoms with Crippen molar-refractivity contribution in [3.63, 3.8) is 0 Å². The zero-order chi connectivity index (χ0) is 25.1. The molecule has 2 aliphatic heterocycles. The van der Waals surface area contributed by atoms with Crippen molar-refractivity contribution in [2.24, 2.45) is 5.73 Å². The van der Waals surface area contributed by atoms with E-state index < -0.39 is 11.6 Å². The summed E-state index contributed by atoms with van der Waals surface area (Å²) in [5.74, 6) is -0.852. The fourth-order valence-corrected chi connectivity index (χ4v) is 5.59. The highest BCUT2D eigenvalue weighted by atomic mass is 32.1. The molecule has 0 bridgehead atoms. The molecule has 8 nitrogen and oxygen atoms in total. The highest BCUT2D eigenvalue weighted by Gasteiger charge is 2.45. The highest BCUT2D eigenvalue weighted by molar-refractivity contribution is 7.20. The number of fused-ring (bicyclic) bond motifs is 1. The Morgan fingerprint density at radius 3 is 2.64 bits per heavy atom. The molecule has 1 atom stereocenters. The summed E-state index contributed by atoms with van der Waals surface area (Å²) in [6.45, 7) is 6.35. The van der Waals surface area contributed by atoms with Gasteiger partial charge < -0.3 is 30.9 Å². The number of amides is 1. The number of rotatable bonds is 11. The summed E-state index contributed by atoms with van der Waals surface area (Å²) in [4.78, 5) is 21.4. The van der Waals surface area contributed by atoms with Gasteiger partial charge in [-0.05, 0) is 67.9 Å². The molecule has 10 heteroatoms. The van der Waals surface area contributed by atoms with Crippen LogP contribution in [0.4, 0.5) is 20.2 Å². The number of anilines is 3. The molecular formula is C26H33FN6O2S. The van der Waals surface area contributed by atoms with Gasteiger partial charge in [0.1, 0.15) is 10.8 Å². The molecule has 1 amide bonds. The number of nitrogens with zero attached hydrogens (tertiary/aromatic N) is 3. The molecular weight excluding hydrogens is 479 g/mol. The molecule has 2 fully saturated rings. The lowest BCUT2D eigenvalue weighted by Gasteiger charge is -2.32. The van der Waals surface area contributed by atoms with Crippen LogP contribution in [-0.4, -0.2) is 72.8 Å². The number of halogens is 1. The van der Waals surface area contributed by atoms with E-state index in [9.17, 15) is 9.18 Å². The number of hydrogen-bond donors (Lipinski definition) is 3.